The van der Waals surface area contributed by atoms with E-state index in [1.807, 2.05) is 12.1 Å². The van der Waals surface area contributed by atoms with Crippen molar-refractivity contribution < 1.29 is 0 Å². The van der Waals surface area contributed by atoms with Crippen molar-refractivity contribution in [2.24, 2.45) is 0 Å². The minimum atomic E-state index is 0.616. The predicted molar refractivity (Wildman–Crippen MR) is 304 cm³/mol. The van der Waals surface area contributed by atoms with Crippen molar-refractivity contribution in [2.75, 3.05) is 4.90 Å². The molecule has 0 N–H and O–H groups in total. The fraction of sp³-hybridized carbons (Fsp3) is 0.0290. The van der Waals surface area contributed by atoms with Gasteiger partial charge in [-0.25, -0.2) is 0 Å². The van der Waals surface area contributed by atoms with E-state index in [0.29, 0.717) is 5.56 Å². The average molecular weight is 918 g/mol. The van der Waals surface area contributed by atoms with Gasteiger partial charge < -0.3 is 9.47 Å². The predicted octanol–water partition coefficient (Wildman–Crippen LogP) is 18.9. The quantitative estimate of drug-likeness (QED) is 0.142. The molecule has 0 saturated heterocycles. The van der Waals surface area contributed by atoms with Crippen LogP contribution < -0.4 is 4.90 Å². The van der Waals surface area contributed by atoms with Gasteiger partial charge in [0.15, 0.2) is 0 Å². The molecule has 0 fully saturated rings. The molecule has 0 bridgehead atoms. The van der Waals surface area contributed by atoms with Crippen LogP contribution in [0.3, 0.4) is 0 Å². The molecule has 12 aromatic rings. The highest BCUT2D eigenvalue weighted by Crippen LogP contribution is 2.49. The Morgan fingerprint density at radius 1 is 0.431 bits per heavy atom. The van der Waals surface area contributed by atoms with E-state index in [0.717, 1.165) is 67.3 Å². The van der Waals surface area contributed by atoms with Crippen LogP contribution in [-0.4, -0.2) is 4.57 Å². The van der Waals surface area contributed by atoms with Gasteiger partial charge in [-0.3, -0.25) is 0 Å². The van der Waals surface area contributed by atoms with Gasteiger partial charge in [0, 0.05) is 38.6 Å². The molecule has 1 aliphatic rings. The number of aromatic nitrogens is 1. The molecule has 3 heteroatoms. The third kappa shape index (κ3) is 7.37. The smallest absolute Gasteiger partial charge is 0.0991 e. The maximum Gasteiger partial charge on any atom is 0.0991 e. The van der Waals surface area contributed by atoms with Gasteiger partial charge in [-0.05, 0) is 146 Å². The van der Waals surface area contributed by atoms with Crippen molar-refractivity contribution in [3.05, 3.63) is 272 Å². The average Bonchev–Trinajstić information content (AvgIpc) is 3.60. The second-order valence-corrected chi connectivity index (χ2v) is 18.9. The van der Waals surface area contributed by atoms with Crippen LogP contribution >= 0.6 is 0 Å². The van der Waals surface area contributed by atoms with Crippen molar-refractivity contribution in [1.29, 1.82) is 5.26 Å². The zero-order valence-electron chi connectivity index (χ0n) is 39.8. The Balaban J connectivity index is 1.01. The first-order valence-electron chi connectivity index (χ1n) is 24.7. The molecule has 1 aromatic heterocycles. The van der Waals surface area contributed by atoms with Crippen molar-refractivity contribution in [3.63, 3.8) is 0 Å². The topological polar surface area (TPSA) is 32.0 Å². The summed E-state index contributed by atoms with van der Waals surface area (Å²) in [6, 6.07) is 85.8. The molecule has 0 radical (unpaired) electrons. The fourth-order valence-corrected chi connectivity index (χ4v) is 11.1. The zero-order chi connectivity index (χ0) is 48.1. The van der Waals surface area contributed by atoms with E-state index in [2.05, 4.69) is 265 Å². The molecule has 0 unspecified atom stereocenters. The first-order valence-corrected chi connectivity index (χ1v) is 24.7. The number of benzene rings is 11. The maximum atomic E-state index is 9.99. The Morgan fingerprint density at radius 2 is 1.01 bits per heavy atom. The highest BCUT2D eigenvalue weighted by atomic mass is 15.1. The first-order chi connectivity index (χ1) is 35.6. The summed E-state index contributed by atoms with van der Waals surface area (Å²) in [5, 5.41) is 19.5. The molecule has 3 nitrogen and oxygen atoms in total. The largest absolute Gasteiger partial charge is 0.309 e. The van der Waals surface area contributed by atoms with E-state index in [9.17, 15) is 5.26 Å². The Hall–Kier alpha value is -9.49. The van der Waals surface area contributed by atoms with E-state index >= 15 is 0 Å². The molecular formula is C69H47N3. The lowest BCUT2D eigenvalue weighted by atomic mass is 9.89. The minimum absolute atomic E-state index is 0.616. The van der Waals surface area contributed by atoms with Crippen molar-refractivity contribution in [1.82, 2.24) is 4.57 Å². The second-order valence-electron chi connectivity index (χ2n) is 18.9. The number of anilines is 3. The second kappa shape index (κ2) is 17.8. The minimum Gasteiger partial charge on any atom is -0.309 e. The van der Waals surface area contributed by atoms with Gasteiger partial charge in [0.2, 0.25) is 0 Å². The summed E-state index contributed by atoms with van der Waals surface area (Å²) in [7, 11) is 0. The standard InChI is InChI=1S/C69H47N3/c1-46-15-5-6-19-52(41-46)54-36-40-67-65(43-54)64-42-53(48-16-3-2-4-17-48)35-39-66(64)72(67)57-22-14-21-56(44-57)71(55-37-29-47(45-70)30-38-55)69-62-26-11-9-24-60(62)68(61-25-10-12-27-63(61)69)51-33-31-50(32-34-51)59-28-13-20-49-18-7-8-23-58(49)59/h2-40,42-44H,41H2,1H3. The molecule has 72 heavy (non-hydrogen) atoms. The summed E-state index contributed by atoms with van der Waals surface area (Å²) in [5.74, 6) is 0. The molecule has 0 aliphatic heterocycles. The lowest BCUT2D eigenvalue weighted by molar-refractivity contribution is 1.17. The molecular weight excluding hydrogens is 871 g/mol. The van der Waals surface area contributed by atoms with Crippen molar-refractivity contribution >= 4 is 76.8 Å². The molecule has 0 amide bonds. The Bertz CT molecular complexity index is 4180. The van der Waals surface area contributed by atoms with Crippen LogP contribution in [-0.2, 0) is 0 Å². The van der Waals surface area contributed by atoms with Gasteiger partial charge in [0.25, 0.3) is 0 Å². The monoisotopic (exact) mass is 917 g/mol. The van der Waals surface area contributed by atoms with Gasteiger partial charge in [-0.1, -0.05) is 194 Å². The molecule has 0 atom stereocenters. The molecule has 1 aliphatic carbocycles. The van der Waals surface area contributed by atoms with Crippen LogP contribution in [0, 0.1) is 11.3 Å². The van der Waals surface area contributed by atoms with Crippen molar-refractivity contribution in [2.45, 2.75) is 13.3 Å². The number of nitriles is 1. The van der Waals surface area contributed by atoms with Crippen molar-refractivity contribution in [3.8, 4) is 45.1 Å². The van der Waals surface area contributed by atoms with Crippen LogP contribution in [0.1, 0.15) is 24.5 Å². The lowest BCUT2D eigenvalue weighted by Crippen LogP contribution is -2.12. The maximum absolute atomic E-state index is 9.99. The fourth-order valence-electron chi connectivity index (χ4n) is 11.1. The van der Waals surface area contributed by atoms with Crippen LogP contribution in [0.25, 0.3) is 98.8 Å². The highest BCUT2D eigenvalue weighted by molar-refractivity contribution is 6.22. The van der Waals surface area contributed by atoms with E-state index in [4.69, 9.17) is 0 Å². The number of rotatable bonds is 8. The van der Waals surface area contributed by atoms with Gasteiger partial charge in [0.1, 0.15) is 0 Å². The van der Waals surface area contributed by atoms with Gasteiger partial charge in [-0.2, -0.15) is 5.26 Å². The third-order valence-corrected chi connectivity index (χ3v) is 14.5. The van der Waals surface area contributed by atoms with Gasteiger partial charge in [-0.15, -0.1) is 0 Å². The number of hydrogen-bond acceptors (Lipinski definition) is 2. The summed E-state index contributed by atoms with van der Waals surface area (Å²) in [6.07, 6.45) is 9.66. The summed E-state index contributed by atoms with van der Waals surface area (Å²) >= 11 is 0. The van der Waals surface area contributed by atoms with Gasteiger partial charge >= 0.3 is 0 Å². The Labute approximate surface area is 419 Å². The molecule has 13 rings (SSSR count). The van der Waals surface area contributed by atoms with Crippen LogP contribution in [0.15, 0.2) is 260 Å². The summed E-state index contributed by atoms with van der Waals surface area (Å²) in [5.41, 5.74) is 18.0. The first kappa shape index (κ1) is 42.6. The number of hydrogen-bond donors (Lipinski definition) is 0. The zero-order valence-corrected chi connectivity index (χ0v) is 39.8. The van der Waals surface area contributed by atoms with Crippen LogP contribution in [0.2, 0.25) is 0 Å². The third-order valence-electron chi connectivity index (χ3n) is 14.5. The van der Waals surface area contributed by atoms with E-state index in [-0.39, 0.29) is 0 Å². The Morgan fingerprint density at radius 3 is 1.74 bits per heavy atom. The highest BCUT2D eigenvalue weighted by Gasteiger charge is 2.24. The van der Waals surface area contributed by atoms with Crippen LogP contribution in [0.4, 0.5) is 17.1 Å². The number of nitrogens with zero attached hydrogens (tertiary/aromatic N) is 3. The molecule has 338 valence electrons. The van der Waals surface area contributed by atoms with E-state index < -0.39 is 0 Å². The molecule has 0 saturated carbocycles. The summed E-state index contributed by atoms with van der Waals surface area (Å²) < 4.78 is 2.43. The van der Waals surface area contributed by atoms with E-state index in [1.54, 1.807) is 0 Å². The Kier molecular flexibility index (Phi) is 10.5. The normalized spacial score (nSPS) is 12.6. The van der Waals surface area contributed by atoms with E-state index in [1.165, 1.54) is 66.1 Å². The van der Waals surface area contributed by atoms with Gasteiger partial charge in [0.05, 0.1) is 28.4 Å². The van der Waals surface area contributed by atoms with Crippen LogP contribution in [0.5, 0.6) is 0 Å². The number of fused-ring (bicyclic) bond motifs is 6. The SMILES string of the molecule is CC1=CC=CC=C(c2ccc3c(c2)c2cc(-c4ccccc4)ccc2n3-c2cccc(N(c3ccc(C#N)cc3)c3c4ccccc4c(-c4ccc(-c5cccc6ccccc56)cc4)c4ccccc34)c2)C1. The molecule has 11 aromatic carbocycles. The summed E-state index contributed by atoms with van der Waals surface area (Å²) in [4.78, 5) is 2.39. The lowest BCUT2D eigenvalue weighted by Gasteiger charge is -2.30. The number of allylic oxidation sites excluding steroid dienone is 6. The summed E-state index contributed by atoms with van der Waals surface area (Å²) in [6.45, 7) is 2.21. The molecule has 0 spiro atoms. The molecule has 1 heterocycles.